The van der Waals surface area contributed by atoms with E-state index < -0.39 is 133 Å². The van der Waals surface area contributed by atoms with Crippen molar-refractivity contribution in [2.24, 2.45) is 11.7 Å². The normalized spacial score (nSPS) is 35.5. The molecule has 15 atom stereocenters. The zero-order valence-corrected chi connectivity index (χ0v) is 36.0. The van der Waals surface area contributed by atoms with E-state index in [2.05, 4.69) is 21.3 Å². The molecule has 2 aliphatic heterocycles. The Bertz CT molecular complexity index is 1400. The van der Waals surface area contributed by atoms with Crippen LogP contribution in [0.4, 0.5) is 14.4 Å². The van der Waals surface area contributed by atoms with Gasteiger partial charge in [-0.2, -0.15) is 0 Å². The maximum atomic E-state index is 13.5. The van der Waals surface area contributed by atoms with Gasteiger partial charge in [-0.15, -0.1) is 0 Å². The van der Waals surface area contributed by atoms with Crippen LogP contribution in [-0.4, -0.2) is 165 Å². The van der Waals surface area contributed by atoms with E-state index >= 15 is 0 Å². The summed E-state index contributed by atoms with van der Waals surface area (Å²) in [6, 6.07) is -3.31. The Morgan fingerprint density at radius 3 is 1.66 bits per heavy atom. The molecule has 15 unspecified atom stereocenters. The summed E-state index contributed by atoms with van der Waals surface area (Å²) in [4.78, 5) is 51.6. The van der Waals surface area contributed by atoms with E-state index in [1.54, 1.807) is 76.2 Å². The number of hydrogen-bond donors (Lipinski definition) is 10. The molecule has 3 aliphatic rings. The van der Waals surface area contributed by atoms with Crippen molar-refractivity contribution in [3.63, 3.8) is 0 Å². The molecule has 0 aromatic carbocycles. The van der Waals surface area contributed by atoms with Crippen LogP contribution in [0.15, 0.2) is 0 Å². The number of aliphatic hydroxyl groups is 5. The lowest BCUT2D eigenvalue weighted by Gasteiger charge is -2.50. The maximum absolute atomic E-state index is 13.5. The van der Waals surface area contributed by atoms with Crippen molar-refractivity contribution in [3.8, 4) is 0 Å². The molecule has 3 fully saturated rings. The van der Waals surface area contributed by atoms with Crippen molar-refractivity contribution in [1.29, 1.82) is 0 Å². The summed E-state index contributed by atoms with van der Waals surface area (Å²) < 4.78 is 40.3. The predicted octanol–water partition coefficient (Wildman–Crippen LogP) is -0.394. The van der Waals surface area contributed by atoms with E-state index in [1.165, 1.54) is 0 Å². The van der Waals surface area contributed by atoms with Crippen LogP contribution in [0.25, 0.3) is 0 Å². The number of ether oxygens (including phenoxy) is 7. The van der Waals surface area contributed by atoms with E-state index in [0.29, 0.717) is 0 Å². The third kappa shape index (κ3) is 15.1. The Labute approximate surface area is 345 Å². The fourth-order valence-corrected chi connectivity index (χ4v) is 6.82. The van der Waals surface area contributed by atoms with Crippen LogP contribution in [-0.2, 0) is 38.0 Å². The molecule has 3 rings (SSSR count). The highest BCUT2D eigenvalue weighted by Crippen LogP contribution is 2.34. The van der Waals surface area contributed by atoms with Gasteiger partial charge in [-0.3, -0.25) is 4.79 Å². The molecule has 1 saturated carbocycles. The number of hydrogen-bond acceptors (Lipinski definition) is 17. The van der Waals surface area contributed by atoms with Gasteiger partial charge in [-0.05, 0) is 82.1 Å². The van der Waals surface area contributed by atoms with Crippen LogP contribution in [0.5, 0.6) is 0 Å². The first-order chi connectivity index (χ1) is 27.1. The zero-order chi connectivity index (χ0) is 44.8. The van der Waals surface area contributed by atoms with Gasteiger partial charge >= 0.3 is 18.3 Å². The van der Waals surface area contributed by atoms with Crippen LogP contribution >= 0.6 is 0 Å². The number of carbonyl (C=O) groups is 4. The Morgan fingerprint density at radius 2 is 1.14 bits per heavy atom. The minimum atomic E-state index is -1.85. The highest BCUT2D eigenvalue weighted by molar-refractivity contribution is 5.76. The molecule has 2 saturated heterocycles. The van der Waals surface area contributed by atoms with E-state index in [0.717, 1.165) is 0 Å². The molecule has 0 bridgehead atoms. The van der Waals surface area contributed by atoms with E-state index in [1.807, 2.05) is 0 Å². The van der Waals surface area contributed by atoms with Gasteiger partial charge in [0, 0.05) is 25.4 Å². The average Bonchev–Trinajstić information content (AvgIpc) is 3.08. The summed E-state index contributed by atoms with van der Waals surface area (Å²) >= 11 is 0. The topological polar surface area (TPSA) is 308 Å². The molecule has 21 nitrogen and oxygen atoms in total. The van der Waals surface area contributed by atoms with Gasteiger partial charge in [0.05, 0.1) is 24.2 Å². The quantitative estimate of drug-likeness (QED) is 0.0883. The Balaban J connectivity index is 1.97. The molecule has 4 amide bonds. The van der Waals surface area contributed by atoms with Gasteiger partial charge < -0.3 is 85.7 Å². The molecule has 11 N–H and O–H groups in total. The third-order valence-corrected chi connectivity index (χ3v) is 9.74. The number of amides is 4. The molecule has 0 spiro atoms. The molecule has 21 heteroatoms. The SMILES string of the molecule is CC1OC(OC2C(NC(=O)CCCNC(=O)OC(C)(C)C)CC(NC(=O)OC(C)(C)C)C(OC3OC(CN)C(O)C(O)C3O)C2O)C(O)C(NC(=O)OC(C)(C)C)C1C. The van der Waals surface area contributed by atoms with Crippen molar-refractivity contribution < 1.29 is 77.9 Å². The van der Waals surface area contributed by atoms with Crippen molar-refractivity contribution in [1.82, 2.24) is 21.3 Å². The first-order valence-electron chi connectivity index (χ1n) is 20.1. The highest BCUT2D eigenvalue weighted by Gasteiger charge is 2.53. The van der Waals surface area contributed by atoms with Crippen molar-refractivity contribution >= 4 is 24.2 Å². The smallest absolute Gasteiger partial charge is 0.407 e. The first-order valence-corrected chi connectivity index (χ1v) is 20.1. The molecule has 59 heavy (non-hydrogen) atoms. The Kier molecular flexibility index (Phi) is 17.6. The van der Waals surface area contributed by atoms with Gasteiger partial charge in [0.1, 0.15) is 65.6 Å². The molecule has 1 aliphatic carbocycles. The fraction of sp³-hybridized carbons (Fsp3) is 0.895. The molecule has 0 radical (unpaired) electrons. The summed E-state index contributed by atoms with van der Waals surface area (Å²) in [6.07, 6.45) is -19.1. The molecular formula is C38H69N5O16. The van der Waals surface area contributed by atoms with Crippen LogP contribution in [0.3, 0.4) is 0 Å². The van der Waals surface area contributed by atoms with Crippen LogP contribution < -0.4 is 27.0 Å². The Morgan fingerprint density at radius 1 is 0.644 bits per heavy atom. The second-order valence-corrected chi connectivity index (χ2v) is 18.4. The first kappa shape index (κ1) is 50.2. The lowest BCUT2D eigenvalue weighted by molar-refractivity contribution is -0.330. The number of aliphatic hydroxyl groups excluding tert-OH is 5. The van der Waals surface area contributed by atoms with Gasteiger partial charge in [0.15, 0.2) is 12.6 Å². The van der Waals surface area contributed by atoms with Crippen LogP contribution in [0.1, 0.15) is 95.4 Å². The molecule has 0 aromatic heterocycles. The van der Waals surface area contributed by atoms with Crippen molar-refractivity contribution in [3.05, 3.63) is 0 Å². The number of alkyl carbamates (subject to hydrolysis) is 3. The van der Waals surface area contributed by atoms with Gasteiger partial charge in [-0.25, -0.2) is 14.4 Å². The van der Waals surface area contributed by atoms with Crippen LogP contribution in [0, 0.1) is 5.92 Å². The fourth-order valence-electron chi connectivity index (χ4n) is 6.82. The second-order valence-electron chi connectivity index (χ2n) is 18.4. The largest absolute Gasteiger partial charge is 0.444 e. The van der Waals surface area contributed by atoms with E-state index in [4.69, 9.17) is 38.9 Å². The molecule has 2 heterocycles. The Hall–Kier alpha value is -3.12. The van der Waals surface area contributed by atoms with Crippen molar-refractivity contribution in [2.45, 2.75) is 198 Å². The summed E-state index contributed by atoms with van der Waals surface area (Å²) in [5.41, 5.74) is 3.21. The predicted molar refractivity (Wildman–Crippen MR) is 207 cm³/mol. The van der Waals surface area contributed by atoms with Gasteiger partial charge in [0.2, 0.25) is 5.91 Å². The minimum absolute atomic E-state index is 0.0898. The molecule has 0 aromatic rings. The van der Waals surface area contributed by atoms with Gasteiger partial charge in [-0.1, -0.05) is 6.92 Å². The lowest BCUT2D eigenvalue weighted by atomic mass is 9.82. The zero-order valence-electron chi connectivity index (χ0n) is 36.0. The summed E-state index contributed by atoms with van der Waals surface area (Å²) in [6.45, 7) is 18.3. The van der Waals surface area contributed by atoms with E-state index in [-0.39, 0.29) is 32.4 Å². The molecular weight excluding hydrogens is 782 g/mol. The average molecular weight is 852 g/mol. The lowest BCUT2D eigenvalue weighted by Crippen LogP contribution is -2.69. The highest BCUT2D eigenvalue weighted by atomic mass is 16.7. The number of carbonyl (C=O) groups excluding carboxylic acids is 4. The summed E-state index contributed by atoms with van der Waals surface area (Å²) in [7, 11) is 0. The number of nitrogens with one attached hydrogen (secondary N) is 4. The van der Waals surface area contributed by atoms with Gasteiger partial charge in [0.25, 0.3) is 0 Å². The van der Waals surface area contributed by atoms with Crippen molar-refractivity contribution in [2.75, 3.05) is 13.1 Å². The molecule has 342 valence electrons. The summed E-state index contributed by atoms with van der Waals surface area (Å²) in [5.74, 6) is -0.998. The summed E-state index contributed by atoms with van der Waals surface area (Å²) in [5, 5.41) is 66.4. The second kappa shape index (κ2) is 20.6. The van der Waals surface area contributed by atoms with E-state index in [9.17, 15) is 44.7 Å². The maximum Gasteiger partial charge on any atom is 0.407 e. The standard InChI is InChI=1S/C38H69N5O16/c1-17-18(2)53-31(25(46)23(17)43-35(52)59-38(9,10)11)55-29-19(41-22(44)13-12-14-40-33(50)57-36(3,4)5)15-20(42-34(51)58-37(6,7)8)30(28(29)49)56-32-27(48)26(47)24(45)21(16-39)54-32/h17-21,23-32,45-49H,12-16,39H2,1-11H3,(H,40,50)(H,41,44)(H,42,51)(H,43,52). The monoisotopic (exact) mass is 851 g/mol. The number of rotatable bonds is 12. The minimum Gasteiger partial charge on any atom is -0.444 e. The number of nitrogens with two attached hydrogens (primary N) is 1. The van der Waals surface area contributed by atoms with Crippen LogP contribution in [0.2, 0.25) is 0 Å². The third-order valence-electron chi connectivity index (χ3n) is 9.74.